The van der Waals surface area contributed by atoms with Crippen molar-refractivity contribution in [1.29, 1.82) is 0 Å². The normalized spacial score (nSPS) is 16.0. The summed E-state index contributed by atoms with van der Waals surface area (Å²) in [7, 11) is -3.64. The monoisotopic (exact) mass is 469 g/mol. The highest BCUT2D eigenvalue weighted by molar-refractivity contribution is 8.27. The first-order chi connectivity index (χ1) is 13.6. The number of rotatable bonds is 5. The molecule has 1 N–H and O–H groups in total. The minimum absolute atomic E-state index is 0.0208. The molecular weight excluding hydrogens is 457 g/mol. The third-order valence-corrected chi connectivity index (χ3v) is 6.18. The predicted molar refractivity (Wildman–Crippen MR) is 113 cm³/mol. The zero-order valence-corrected chi connectivity index (χ0v) is 18.1. The molecule has 1 fully saturated rings. The number of methoxy groups -OCH3 is 1. The smallest absolute Gasteiger partial charge is 0.270 e. The number of aromatic hydroxyl groups is 1. The zero-order chi connectivity index (χ0) is 21.3. The van der Waals surface area contributed by atoms with Gasteiger partial charge in [-0.15, -0.1) is 0 Å². The second-order valence-electron chi connectivity index (χ2n) is 6.00. The highest BCUT2D eigenvalue weighted by Gasteiger charge is 2.33. The van der Waals surface area contributed by atoms with E-state index in [1.165, 1.54) is 30.2 Å². The first-order valence-electron chi connectivity index (χ1n) is 8.03. The van der Waals surface area contributed by atoms with E-state index in [4.69, 9.17) is 28.6 Å². The van der Waals surface area contributed by atoms with E-state index in [0.717, 1.165) is 11.8 Å². The number of anilines is 1. The summed E-state index contributed by atoms with van der Waals surface area (Å²) in [4.78, 5) is 36.7. The van der Waals surface area contributed by atoms with E-state index in [-0.39, 0.29) is 22.1 Å². The van der Waals surface area contributed by atoms with Gasteiger partial charge in [0.05, 0.1) is 17.7 Å². The Morgan fingerprint density at radius 2 is 2.07 bits per heavy atom. The fraction of sp³-hybridized carbons (Fsp3) is 0.111. The van der Waals surface area contributed by atoms with E-state index in [1.807, 2.05) is 0 Å². The molecule has 2 aromatic carbocycles. The van der Waals surface area contributed by atoms with Crippen molar-refractivity contribution in [2.45, 2.75) is 6.16 Å². The molecule has 0 atom stereocenters. The number of thioether (sulfide) groups is 1. The van der Waals surface area contributed by atoms with Crippen LogP contribution in [0.15, 0.2) is 41.3 Å². The van der Waals surface area contributed by atoms with Crippen molar-refractivity contribution in [1.82, 2.24) is 0 Å². The van der Waals surface area contributed by atoms with Gasteiger partial charge in [-0.1, -0.05) is 49.2 Å². The maximum absolute atomic E-state index is 12.8. The predicted octanol–water partition coefficient (Wildman–Crippen LogP) is 2.87. The average Bonchev–Trinajstić information content (AvgIpc) is 2.89. The number of hydrogen-bond donors (Lipinski definition) is 1. The van der Waals surface area contributed by atoms with Crippen LogP contribution in [0.5, 0.6) is 11.5 Å². The Labute approximate surface area is 181 Å². The van der Waals surface area contributed by atoms with Crippen molar-refractivity contribution >= 4 is 65.2 Å². The van der Waals surface area contributed by atoms with Gasteiger partial charge in [0, 0.05) is 16.7 Å². The molecule has 0 bridgehead atoms. The number of hydrogen-bond acceptors (Lipinski definition) is 8. The highest BCUT2D eigenvalue weighted by atomic mass is 35.5. The summed E-state index contributed by atoms with van der Waals surface area (Å²) in [5.74, 6) is -0.843. The van der Waals surface area contributed by atoms with Crippen LogP contribution >= 0.6 is 43.2 Å². The van der Waals surface area contributed by atoms with Crippen molar-refractivity contribution < 1.29 is 29.0 Å². The molecule has 0 unspecified atom stereocenters. The Morgan fingerprint density at radius 1 is 1.34 bits per heavy atom. The number of phenols is 1. The summed E-state index contributed by atoms with van der Waals surface area (Å²) in [6.07, 6.45) is 0.593. The first-order valence-corrected chi connectivity index (χ1v) is 11.4. The molecule has 3 rings (SSSR count). The Morgan fingerprint density at radius 3 is 2.69 bits per heavy atom. The third kappa shape index (κ3) is 5.01. The third-order valence-electron chi connectivity index (χ3n) is 3.92. The number of amides is 1. The minimum Gasteiger partial charge on any atom is -0.810 e. The molecule has 1 aliphatic rings. The van der Waals surface area contributed by atoms with Gasteiger partial charge in [-0.2, -0.15) is 0 Å². The number of benzene rings is 2. The summed E-state index contributed by atoms with van der Waals surface area (Å²) in [5, 5.41) is 10.5. The summed E-state index contributed by atoms with van der Waals surface area (Å²) < 4.78 is 16.5. The van der Waals surface area contributed by atoms with Crippen LogP contribution in [-0.4, -0.2) is 22.4 Å². The molecule has 1 saturated heterocycles. The summed E-state index contributed by atoms with van der Waals surface area (Å²) in [5.41, 5.74) is 0.773. The van der Waals surface area contributed by atoms with Gasteiger partial charge in [-0.3, -0.25) is 9.69 Å². The molecule has 0 spiro atoms. The van der Waals surface area contributed by atoms with Gasteiger partial charge >= 0.3 is 0 Å². The lowest BCUT2D eigenvalue weighted by Crippen LogP contribution is -2.27. The molecule has 152 valence electrons. The Balaban J connectivity index is 2.00. The highest BCUT2D eigenvalue weighted by Crippen LogP contribution is 2.41. The topological polar surface area (TPSA) is 113 Å². The second kappa shape index (κ2) is 8.47. The molecule has 1 amide bonds. The van der Waals surface area contributed by atoms with Crippen LogP contribution in [0.25, 0.3) is 6.08 Å². The van der Waals surface area contributed by atoms with Crippen molar-refractivity contribution in [3.05, 3.63) is 57.5 Å². The molecule has 0 radical (unpaired) electrons. The SMILES string of the molecule is COc1cc(/C=C2\SC(=S)N(c3cccc(Cl)c3)C2=O)cc(CP(=O)([O-])[O-])c1O. The Bertz CT molecular complexity index is 1080. The summed E-state index contributed by atoms with van der Waals surface area (Å²) in [6.45, 7) is 0. The number of carbonyl (C=O) groups excluding carboxylic acids is 1. The minimum atomic E-state index is -4.93. The van der Waals surface area contributed by atoms with Gasteiger partial charge in [0.25, 0.3) is 5.91 Å². The molecule has 2 aromatic rings. The molecule has 7 nitrogen and oxygen atoms in total. The number of phenolic OH excluding ortho intramolecular Hbond substituents is 1. The molecule has 29 heavy (non-hydrogen) atoms. The van der Waals surface area contributed by atoms with Gasteiger partial charge in [0.2, 0.25) is 0 Å². The van der Waals surface area contributed by atoms with Crippen molar-refractivity contribution in [2.24, 2.45) is 0 Å². The molecule has 0 aliphatic carbocycles. The van der Waals surface area contributed by atoms with Crippen molar-refractivity contribution in [3.63, 3.8) is 0 Å². The molecule has 1 heterocycles. The molecule has 0 aromatic heterocycles. The van der Waals surface area contributed by atoms with Gasteiger partial charge in [-0.05, 0) is 42.0 Å². The fourth-order valence-corrected chi connectivity index (χ4v) is 4.86. The number of nitrogens with zero attached hydrogens (tertiary/aromatic N) is 1. The number of halogens is 1. The lowest BCUT2D eigenvalue weighted by molar-refractivity contribution is -0.314. The van der Waals surface area contributed by atoms with Gasteiger partial charge in [0.15, 0.2) is 15.8 Å². The quantitative estimate of drug-likeness (QED) is 0.404. The fourth-order valence-electron chi connectivity index (χ4n) is 2.71. The van der Waals surface area contributed by atoms with E-state index in [0.29, 0.717) is 20.6 Å². The standard InChI is InChI=1S/C18H15ClNO6PS2/c1-26-14-6-10(5-11(16(14)21)9-27(23,24)25)7-15-17(22)20(18(28)29-15)13-4-2-3-12(19)8-13/h2-8,21H,9H2,1H3,(H2,23,24,25)/p-2/b15-7-. The van der Waals surface area contributed by atoms with Gasteiger partial charge in [-0.25, -0.2) is 0 Å². The number of ether oxygens (including phenoxy) is 1. The molecular formula is C18H13ClNO6PS2-2. The second-order valence-corrected chi connectivity index (χ2v) is 9.65. The van der Waals surface area contributed by atoms with Crippen LogP contribution in [0.1, 0.15) is 11.1 Å². The Kier molecular flexibility index (Phi) is 6.38. The van der Waals surface area contributed by atoms with Crippen LogP contribution in [0.3, 0.4) is 0 Å². The lowest BCUT2D eigenvalue weighted by Gasteiger charge is -2.30. The average molecular weight is 470 g/mol. The zero-order valence-electron chi connectivity index (χ0n) is 14.8. The van der Waals surface area contributed by atoms with E-state index in [9.17, 15) is 24.3 Å². The maximum Gasteiger partial charge on any atom is 0.270 e. The van der Waals surface area contributed by atoms with Crippen LogP contribution < -0.4 is 19.4 Å². The summed E-state index contributed by atoms with van der Waals surface area (Å²) >= 11 is 12.4. The van der Waals surface area contributed by atoms with E-state index >= 15 is 0 Å². The van der Waals surface area contributed by atoms with E-state index in [2.05, 4.69) is 0 Å². The number of carbonyl (C=O) groups is 1. The maximum atomic E-state index is 12.8. The number of thiocarbonyl (C=S) groups is 1. The van der Waals surface area contributed by atoms with Gasteiger partial charge in [0.1, 0.15) is 0 Å². The van der Waals surface area contributed by atoms with Crippen LogP contribution in [0, 0.1) is 0 Å². The lowest BCUT2D eigenvalue weighted by atomic mass is 10.1. The van der Waals surface area contributed by atoms with E-state index in [1.54, 1.807) is 24.3 Å². The molecule has 1 aliphatic heterocycles. The molecule has 11 heteroatoms. The molecule has 0 saturated carbocycles. The Hall–Kier alpha value is -1.87. The largest absolute Gasteiger partial charge is 0.810 e. The van der Waals surface area contributed by atoms with Crippen molar-refractivity contribution in [3.8, 4) is 11.5 Å². The van der Waals surface area contributed by atoms with Crippen LogP contribution in [0.2, 0.25) is 5.02 Å². The summed E-state index contributed by atoms with van der Waals surface area (Å²) in [6, 6.07) is 9.41. The van der Waals surface area contributed by atoms with E-state index < -0.39 is 19.5 Å². The first kappa shape index (κ1) is 21.8. The van der Waals surface area contributed by atoms with Crippen LogP contribution in [-0.2, 0) is 15.5 Å². The van der Waals surface area contributed by atoms with Crippen LogP contribution in [0.4, 0.5) is 5.69 Å². The van der Waals surface area contributed by atoms with Crippen molar-refractivity contribution in [2.75, 3.05) is 12.0 Å². The van der Waals surface area contributed by atoms with Gasteiger partial charge < -0.3 is 24.2 Å².